The average molecular weight is 304 g/mol. The van der Waals surface area contributed by atoms with Crippen molar-refractivity contribution in [2.45, 2.75) is 25.1 Å². The van der Waals surface area contributed by atoms with Crippen molar-refractivity contribution >= 4 is 5.91 Å². The lowest BCUT2D eigenvalue weighted by Crippen LogP contribution is -2.42. The largest absolute Gasteiger partial charge is 0.417 e. The predicted molar refractivity (Wildman–Crippen MR) is 68.0 cm³/mol. The van der Waals surface area contributed by atoms with E-state index >= 15 is 0 Å². The molecular formula is C13H15F3N2O3. The standard InChI is InChI=1S/C13H15F3N2O3/c1-21-9-2-4-18(5-3-9)12(20)10-6-8(13(14,15)16)7-17-11(10)19/h6-7,9H,2-5H2,1H3,(H,17,19). The Morgan fingerprint density at radius 2 is 2.00 bits per heavy atom. The van der Waals surface area contributed by atoms with Gasteiger partial charge in [0.25, 0.3) is 11.5 Å². The van der Waals surface area contributed by atoms with Crippen molar-refractivity contribution in [3.05, 3.63) is 33.7 Å². The first-order chi connectivity index (χ1) is 9.82. The number of rotatable bonds is 2. The van der Waals surface area contributed by atoms with Gasteiger partial charge >= 0.3 is 6.18 Å². The van der Waals surface area contributed by atoms with Crippen molar-refractivity contribution in [2.75, 3.05) is 20.2 Å². The molecule has 1 N–H and O–H groups in total. The zero-order valence-electron chi connectivity index (χ0n) is 11.4. The molecule has 8 heteroatoms. The van der Waals surface area contributed by atoms with Gasteiger partial charge in [-0.1, -0.05) is 0 Å². The Labute approximate surface area is 118 Å². The minimum Gasteiger partial charge on any atom is -0.381 e. The normalized spacial score (nSPS) is 17.0. The minimum atomic E-state index is -4.61. The van der Waals surface area contributed by atoms with Crippen LogP contribution in [0.2, 0.25) is 0 Å². The highest BCUT2D eigenvalue weighted by atomic mass is 19.4. The van der Waals surface area contributed by atoms with Crippen molar-refractivity contribution < 1.29 is 22.7 Å². The number of ether oxygens (including phenoxy) is 1. The summed E-state index contributed by atoms with van der Waals surface area (Å²) in [4.78, 5) is 27.1. The molecule has 0 radical (unpaired) electrons. The number of carbonyl (C=O) groups excluding carboxylic acids is 1. The molecule has 1 aromatic rings. The number of hydrogen-bond acceptors (Lipinski definition) is 3. The summed E-state index contributed by atoms with van der Waals surface area (Å²) in [6, 6.07) is 0.601. The van der Waals surface area contributed by atoms with Crippen LogP contribution in [0.25, 0.3) is 0 Å². The van der Waals surface area contributed by atoms with Gasteiger partial charge in [-0.3, -0.25) is 9.59 Å². The molecule has 1 aliphatic heterocycles. The number of aromatic nitrogens is 1. The number of halogens is 3. The highest BCUT2D eigenvalue weighted by Crippen LogP contribution is 2.28. The summed E-state index contributed by atoms with van der Waals surface area (Å²) in [6.45, 7) is 0.708. The van der Waals surface area contributed by atoms with E-state index in [1.807, 2.05) is 4.98 Å². The lowest BCUT2D eigenvalue weighted by Gasteiger charge is -2.31. The quantitative estimate of drug-likeness (QED) is 0.903. The monoisotopic (exact) mass is 304 g/mol. The molecule has 0 atom stereocenters. The van der Waals surface area contributed by atoms with Crippen LogP contribution in [0.1, 0.15) is 28.8 Å². The summed E-state index contributed by atoms with van der Waals surface area (Å²) in [7, 11) is 1.57. The molecule has 0 spiro atoms. The Morgan fingerprint density at radius 3 is 2.52 bits per heavy atom. The molecule has 1 aromatic heterocycles. The summed E-state index contributed by atoms with van der Waals surface area (Å²) in [5, 5.41) is 0. The molecule has 5 nitrogen and oxygen atoms in total. The van der Waals surface area contributed by atoms with E-state index in [0.29, 0.717) is 38.2 Å². The van der Waals surface area contributed by atoms with Gasteiger partial charge in [-0.05, 0) is 18.9 Å². The summed E-state index contributed by atoms with van der Waals surface area (Å²) >= 11 is 0. The second-order valence-electron chi connectivity index (χ2n) is 4.86. The summed E-state index contributed by atoms with van der Waals surface area (Å²) in [5.74, 6) is -0.683. The van der Waals surface area contributed by atoms with Crippen LogP contribution < -0.4 is 5.56 Å². The molecule has 1 amide bonds. The Kier molecular flexibility index (Phi) is 4.36. The van der Waals surface area contributed by atoms with Crippen LogP contribution in [0.5, 0.6) is 0 Å². The van der Waals surface area contributed by atoms with Crippen molar-refractivity contribution in [1.29, 1.82) is 0 Å². The fourth-order valence-corrected chi connectivity index (χ4v) is 2.27. The van der Waals surface area contributed by atoms with Crippen LogP contribution in [-0.2, 0) is 10.9 Å². The molecule has 116 valence electrons. The summed E-state index contributed by atoms with van der Waals surface area (Å²) < 4.78 is 43.1. The van der Waals surface area contributed by atoms with E-state index in [1.165, 1.54) is 4.90 Å². The first-order valence-electron chi connectivity index (χ1n) is 6.45. The maximum absolute atomic E-state index is 12.6. The van der Waals surface area contributed by atoms with E-state index in [4.69, 9.17) is 4.74 Å². The number of pyridine rings is 1. The van der Waals surface area contributed by atoms with Gasteiger partial charge in [-0.15, -0.1) is 0 Å². The lowest BCUT2D eigenvalue weighted by atomic mass is 10.1. The van der Waals surface area contributed by atoms with Crippen LogP contribution in [0.4, 0.5) is 13.2 Å². The molecule has 2 rings (SSSR count). The molecular weight excluding hydrogens is 289 g/mol. The molecule has 2 heterocycles. The number of nitrogens with one attached hydrogen (secondary N) is 1. The average Bonchev–Trinajstić information content (AvgIpc) is 2.46. The zero-order chi connectivity index (χ0) is 15.6. The van der Waals surface area contributed by atoms with Gasteiger partial charge in [0, 0.05) is 26.4 Å². The number of carbonyl (C=O) groups is 1. The fraction of sp³-hybridized carbons (Fsp3) is 0.538. The number of likely N-dealkylation sites (tertiary alicyclic amines) is 1. The molecule has 21 heavy (non-hydrogen) atoms. The Morgan fingerprint density at radius 1 is 1.38 bits per heavy atom. The van der Waals surface area contributed by atoms with Crippen LogP contribution in [0, 0.1) is 0 Å². The van der Waals surface area contributed by atoms with Crippen molar-refractivity contribution in [2.24, 2.45) is 0 Å². The SMILES string of the molecule is COC1CCN(C(=O)c2cc(C(F)(F)F)c[nH]c2=O)CC1. The smallest absolute Gasteiger partial charge is 0.381 e. The molecule has 0 aromatic carbocycles. The molecule has 1 aliphatic rings. The highest BCUT2D eigenvalue weighted by molar-refractivity contribution is 5.94. The maximum Gasteiger partial charge on any atom is 0.417 e. The number of nitrogens with zero attached hydrogens (tertiary/aromatic N) is 1. The van der Waals surface area contributed by atoms with E-state index in [2.05, 4.69) is 0 Å². The van der Waals surface area contributed by atoms with Gasteiger partial charge in [0.05, 0.1) is 11.7 Å². The molecule has 0 saturated carbocycles. The number of amides is 1. The van der Waals surface area contributed by atoms with Gasteiger partial charge < -0.3 is 14.6 Å². The van der Waals surface area contributed by atoms with Gasteiger partial charge in [-0.2, -0.15) is 13.2 Å². The number of aromatic amines is 1. The van der Waals surface area contributed by atoms with Crippen LogP contribution in [-0.4, -0.2) is 42.1 Å². The third-order valence-electron chi connectivity index (χ3n) is 3.52. The molecule has 1 saturated heterocycles. The van der Waals surface area contributed by atoms with Gasteiger partial charge in [-0.25, -0.2) is 0 Å². The Bertz CT molecular complexity index is 575. The highest BCUT2D eigenvalue weighted by Gasteiger charge is 2.33. The van der Waals surface area contributed by atoms with Gasteiger partial charge in [0.2, 0.25) is 0 Å². The minimum absolute atomic E-state index is 0.0360. The third kappa shape index (κ3) is 3.44. The predicted octanol–water partition coefficient (Wildman–Crippen LogP) is 1.64. The number of hydrogen-bond donors (Lipinski definition) is 1. The van der Waals surface area contributed by atoms with Crippen molar-refractivity contribution in [3.8, 4) is 0 Å². The summed E-state index contributed by atoms with van der Waals surface area (Å²) in [6.07, 6.45) is -2.81. The Hall–Kier alpha value is -1.83. The topological polar surface area (TPSA) is 62.4 Å². The van der Waals surface area contributed by atoms with E-state index in [1.54, 1.807) is 7.11 Å². The maximum atomic E-state index is 12.6. The fourth-order valence-electron chi connectivity index (χ4n) is 2.27. The number of methoxy groups -OCH3 is 1. The van der Waals surface area contributed by atoms with Crippen LogP contribution in [0.3, 0.4) is 0 Å². The number of H-pyrrole nitrogens is 1. The van der Waals surface area contributed by atoms with Crippen molar-refractivity contribution in [1.82, 2.24) is 9.88 Å². The first-order valence-corrected chi connectivity index (χ1v) is 6.45. The lowest BCUT2D eigenvalue weighted by molar-refractivity contribution is -0.137. The number of piperidine rings is 1. The second-order valence-corrected chi connectivity index (χ2v) is 4.86. The molecule has 0 unspecified atom stereocenters. The first kappa shape index (κ1) is 15.6. The van der Waals surface area contributed by atoms with E-state index in [-0.39, 0.29) is 6.10 Å². The van der Waals surface area contributed by atoms with Crippen LogP contribution in [0.15, 0.2) is 17.1 Å². The van der Waals surface area contributed by atoms with Crippen molar-refractivity contribution in [3.63, 3.8) is 0 Å². The van der Waals surface area contributed by atoms with Crippen LogP contribution >= 0.6 is 0 Å². The second kappa shape index (κ2) is 5.88. The Balaban J connectivity index is 2.22. The molecule has 0 bridgehead atoms. The van der Waals surface area contributed by atoms with E-state index < -0.39 is 28.8 Å². The third-order valence-corrected chi connectivity index (χ3v) is 3.52. The zero-order valence-corrected chi connectivity index (χ0v) is 11.4. The van der Waals surface area contributed by atoms with Gasteiger partial charge in [0.1, 0.15) is 5.56 Å². The molecule has 1 fully saturated rings. The molecule has 0 aliphatic carbocycles. The summed E-state index contributed by atoms with van der Waals surface area (Å²) in [5.41, 5.74) is -2.35. The van der Waals surface area contributed by atoms with Gasteiger partial charge in [0.15, 0.2) is 0 Å². The number of alkyl halides is 3. The van der Waals surface area contributed by atoms with E-state index in [9.17, 15) is 22.8 Å². The van der Waals surface area contributed by atoms with E-state index in [0.717, 1.165) is 0 Å².